The van der Waals surface area contributed by atoms with Gasteiger partial charge in [0.05, 0.1) is 0 Å². The molecular formula is C18H20FN. The lowest BCUT2D eigenvalue weighted by molar-refractivity contribution is 0.389. The van der Waals surface area contributed by atoms with Crippen LogP contribution in [-0.2, 0) is 13.0 Å². The van der Waals surface area contributed by atoms with Crippen LogP contribution in [0.15, 0.2) is 48.5 Å². The highest BCUT2D eigenvalue weighted by atomic mass is 19.1. The van der Waals surface area contributed by atoms with E-state index in [1.807, 2.05) is 12.1 Å². The highest BCUT2D eigenvalue weighted by Gasteiger charge is 2.28. The SMILES string of the molecule is CCC1c2ccc(F)cc2CNC1Cc1ccccc1. The van der Waals surface area contributed by atoms with E-state index in [9.17, 15) is 4.39 Å². The van der Waals surface area contributed by atoms with Crippen molar-refractivity contribution in [2.75, 3.05) is 0 Å². The Morgan fingerprint density at radius 3 is 2.70 bits per heavy atom. The Morgan fingerprint density at radius 1 is 1.15 bits per heavy atom. The summed E-state index contributed by atoms with van der Waals surface area (Å²) >= 11 is 0. The Morgan fingerprint density at radius 2 is 1.95 bits per heavy atom. The quantitative estimate of drug-likeness (QED) is 0.887. The Kier molecular flexibility index (Phi) is 3.83. The maximum Gasteiger partial charge on any atom is 0.123 e. The van der Waals surface area contributed by atoms with Gasteiger partial charge in [-0.3, -0.25) is 0 Å². The lowest BCUT2D eigenvalue weighted by atomic mass is 9.80. The molecule has 1 nitrogen and oxygen atoms in total. The van der Waals surface area contributed by atoms with E-state index < -0.39 is 0 Å². The van der Waals surface area contributed by atoms with Gasteiger partial charge in [0.2, 0.25) is 0 Å². The first kappa shape index (κ1) is 13.3. The molecule has 20 heavy (non-hydrogen) atoms. The van der Waals surface area contributed by atoms with Crippen LogP contribution < -0.4 is 5.32 Å². The lowest BCUT2D eigenvalue weighted by Crippen LogP contribution is -2.40. The van der Waals surface area contributed by atoms with Gasteiger partial charge in [-0.1, -0.05) is 43.3 Å². The second kappa shape index (κ2) is 5.76. The third kappa shape index (κ3) is 2.61. The minimum absolute atomic E-state index is 0.137. The number of hydrogen-bond donors (Lipinski definition) is 1. The van der Waals surface area contributed by atoms with Crippen molar-refractivity contribution in [3.63, 3.8) is 0 Å². The van der Waals surface area contributed by atoms with Crippen LogP contribution in [0.4, 0.5) is 4.39 Å². The molecule has 0 saturated heterocycles. The van der Waals surface area contributed by atoms with Crippen LogP contribution in [0.5, 0.6) is 0 Å². The van der Waals surface area contributed by atoms with Gasteiger partial charge in [-0.15, -0.1) is 0 Å². The van der Waals surface area contributed by atoms with Crippen molar-refractivity contribution in [1.82, 2.24) is 5.32 Å². The van der Waals surface area contributed by atoms with Crippen LogP contribution in [-0.4, -0.2) is 6.04 Å². The molecule has 3 rings (SSSR count). The fraction of sp³-hybridized carbons (Fsp3) is 0.333. The van der Waals surface area contributed by atoms with Crippen molar-refractivity contribution in [2.24, 2.45) is 0 Å². The smallest absolute Gasteiger partial charge is 0.123 e. The molecule has 0 spiro atoms. The standard InChI is InChI=1S/C18H20FN/c1-2-16-17-9-8-15(19)11-14(17)12-20-18(16)10-13-6-4-3-5-7-13/h3-9,11,16,18,20H,2,10,12H2,1H3. The Bertz CT molecular complexity index is 579. The summed E-state index contributed by atoms with van der Waals surface area (Å²) in [4.78, 5) is 0. The molecule has 1 aliphatic rings. The molecule has 0 aliphatic carbocycles. The van der Waals surface area contributed by atoms with Crippen LogP contribution in [0, 0.1) is 5.82 Å². The average Bonchev–Trinajstić information content (AvgIpc) is 2.48. The van der Waals surface area contributed by atoms with Crippen molar-refractivity contribution in [2.45, 2.75) is 38.3 Å². The van der Waals surface area contributed by atoms with Gasteiger partial charge in [0, 0.05) is 12.6 Å². The van der Waals surface area contributed by atoms with Crippen LogP contribution >= 0.6 is 0 Å². The first-order valence-electron chi connectivity index (χ1n) is 7.33. The van der Waals surface area contributed by atoms with E-state index in [2.05, 4.69) is 36.5 Å². The minimum Gasteiger partial charge on any atom is -0.309 e. The van der Waals surface area contributed by atoms with Gasteiger partial charge in [0.25, 0.3) is 0 Å². The fourth-order valence-corrected chi connectivity index (χ4v) is 3.28. The number of hydrogen-bond acceptors (Lipinski definition) is 1. The number of nitrogens with one attached hydrogen (secondary N) is 1. The van der Waals surface area contributed by atoms with Crippen LogP contribution in [0.3, 0.4) is 0 Å². The molecule has 1 N–H and O–H groups in total. The summed E-state index contributed by atoms with van der Waals surface area (Å²) in [7, 11) is 0. The number of halogens is 1. The Balaban J connectivity index is 1.85. The molecule has 0 bridgehead atoms. The molecule has 0 fully saturated rings. The molecule has 1 heterocycles. The van der Waals surface area contributed by atoms with Gasteiger partial charge in [-0.05, 0) is 47.6 Å². The molecule has 1 aliphatic heterocycles. The number of fused-ring (bicyclic) bond motifs is 1. The van der Waals surface area contributed by atoms with Gasteiger partial charge in [-0.25, -0.2) is 4.39 Å². The van der Waals surface area contributed by atoms with Gasteiger partial charge in [-0.2, -0.15) is 0 Å². The highest BCUT2D eigenvalue weighted by Crippen LogP contribution is 2.32. The van der Waals surface area contributed by atoms with E-state index in [1.54, 1.807) is 12.1 Å². The van der Waals surface area contributed by atoms with Gasteiger partial charge >= 0.3 is 0 Å². The van der Waals surface area contributed by atoms with Gasteiger partial charge < -0.3 is 5.32 Å². The molecule has 2 unspecified atom stereocenters. The van der Waals surface area contributed by atoms with E-state index in [-0.39, 0.29) is 5.82 Å². The zero-order chi connectivity index (χ0) is 13.9. The number of rotatable bonds is 3. The summed E-state index contributed by atoms with van der Waals surface area (Å²) in [6, 6.07) is 16.2. The normalized spacial score (nSPS) is 21.5. The van der Waals surface area contributed by atoms with E-state index in [0.717, 1.165) is 24.9 Å². The maximum atomic E-state index is 13.3. The van der Waals surface area contributed by atoms with Crippen molar-refractivity contribution in [1.29, 1.82) is 0 Å². The summed E-state index contributed by atoms with van der Waals surface area (Å²) < 4.78 is 13.3. The predicted octanol–water partition coefficient (Wildman–Crippen LogP) is 4.03. The van der Waals surface area contributed by atoms with Crippen LogP contribution in [0.2, 0.25) is 0 Å². The first-order valence-corrected chi connectivity index (χ1v) is 7.33. The molecule has 0 amide bonds. The van der Waals surface area contributed by atoms with Crippen LogP contribution in [0.1, 0.15) is 36.0 Å². The van der Waals surface area contributed by atoms with Crippen molar-refractivity contribution in [3.8, 4) is 0 Å². The molecule has 2 aromatic carbocycles. The lowest BCUT2D eigenvalue weighted by Gasteiger charge is -2.34. The van der Waals surface area contributed by atoms with E-state index in [0.29, 0.717) is 12.0 Å². The summed E-state index contributed by atoms with van der Waals surface area (Å²) in [5.74, 6) is 0.321. The molecule has 2 aromatic rings. The molecule has 0 radical (unpaired) electrons. The third-order valence-electron chi connectivity index (χ3n) is 4.28. The van der Waals surface area contributed by atoms with Crippen LogP contribution in [0.25, 0.3) is 0 Å². The maximum absolute atomic E-state index is 13.3. The molecule has 104 valence electrons. The topological polar surface area (TPSA) is 12.0 Å². The average molecular weight is 269 g/mol. The first-order chi connectivity index (χ1) is 9.78. The highest BCUT2D eigenvalue weighted by molar-refractivity contribution is 5.35. The van der Waals surface area contributed by atoms with Crippen molar-refractivity contribution < 1.29 is 4.39 Å². The van der Waals surface area contributed by atoms with Crippen molar-refractivity contribution in [3.05, 3.63) is 71.0 Å². The largest absolute Gasteiger partial charge is 0.309 e. The van der Waals surface area contributed by atoms with Gasteiger partial charge in [0.1, 0.15) is 5.82 Å². The second-order valence-electron chi connectivity index (χ2n) is 5.53. The Hall–Kier alpha value is -1.67. The zero-order valence-electron chi connectivity index (χ0n) is 11.8. The molecule has 2 heteroatoms. The van der Waals surface area contributed by atoms with E-state index in [4.69, 9.17) is 0 Å². The Labute approximate surface area is 119 Å². The summed E-state index contributed by atoms with van der Waals surface area (Å²) in [6.07, 6.45) is 2.10. The summed E-state index contributed by atoms with van der Waals surface area (Å²) in [5, 5.41) is 3.59. The van der Waals surface area contributed by atoms with E-state index in [1.165, 1.54) is 11.1 Å². The van der Waals surface area contributed by atoms with Crippen molar-refractivity contribution >= 4 is 0 Å². The monoisotopic (exact) mass is 269 g/mol. The molecular weight excluding hydrogens is 249 g/mol. The fourth-order valence-electron chi connectivity index (χ4n) is 3.28. The summed E-state index contributed by atoms with van der Waals surface area (Å²) in [6.45, 7) is 2.98. The van der Waals surface area contributed by atoms with Gasteiger partial charge in [0.15, 0.2) is 0 Å². The predicted molar refractivity (Wildman–Crippen MR) is 80.2 cm³/mol. The zero-order valence-corrected chi connectivity index (χ0v) is 11.8. The molecule has 2 atom stereocenters. The second-order valence-corrected chi connectivity index (χ2v) is 5.53. The number of benzene rings is 2. The minimum atomic E-state index is -0.137. The third-order valence-corrected chi connectivity index (χ3v) is 4.28. The van der Waals surface area contributed by atoms with E-state index >= 15 is 0 Å². The summed E-state index contributed by atoms with van der Waals surface area (Å²) in [5.41, 5.74) is 3.78. The molecule has 0 aromatic heterocycles. The molecule has 0 saturated carbocycles.